The van der Waals surface area contributed by atoms with Crippen LogP contribution < -0.4 is 0 Å². The first-order valence-corrected chi connectivity index (χ1v) is 9.17. The summed E-state index contributed by atoms with van der Waals surface area (Å²) in [4.78, 5) is 2.33. The number of halogens is 3. The quantitative estimate of drug-likeness (QED) is 0.503. The first-order chi connectivity index (χ1) is 11.2. The van der Waals surface area contributed by atoms with E-state index in [0.29, 0.717) is 10.0 Å². The van der Waals surface area contributed by atoms with Crippen LogP contribution in [0.25, 0.3) is 11.3 Å². The minimum Gasteiger partial charge on any atom is -0.359 e. The van der Waals surface area contributed by atoms with E-state index in [2.05, 4.69) is 42.8 Å². The maximum Gasteiger partial charge on any atom is 0.151 e. The molecule has 0 saturated carbocycles. The Morgan fingerprint density at radius 1 is 1.22 bits per heavy atom. The zero-order valence-corrected chi connectivity index (χ0v) is 15.9. The molecular formula is C15H15Cl2IN4O. The van der Waals surface area contributed by atoms with Crippen molar-refractivity contribution in [3.8, 4) is 11.3 Å². The van der Waals surface area contributed by atoms with E-state index in [4.69, 9.17) is 27.7 Å². The molecule has 1 aromatic carbocycles. The molecule has 0 radical (unpaired) electrons. The van der Waals surface area contributed by atoms with Crippen LogP contribution in [-0.4, -0.2) is 45.5 Å². The third kappa shape index (κ3) is 4.37. The van der Waals surface area contributed by atoms with Crippen molar-refractivity contribution in [3.05, 3.63) is 40.1 Å². The Kier molecular flexibility index (Phi) is 5.79. The molecule has 0 amide bonds. The van der Waals surface area contributed by atoms with E-state index in [0.717, 1.165) is 49.7 Å². The molecule has 1 fully saturated rings. The van der Waals surface area contributed by atoms with Crippen LogP contribution >= 0.6 is 45.8 Å². The van der Waals surface area contributed by atoms with Crippen LogP contribution in [0.2, 0.25) is 10.0 Å². The first-order valence-electron chi connectivity index (χ1n) is 7.16. The zero-order valence-electron chi connectivity index (χ0n) is 12.3. The molecule has 2 aromatic rings. The molecule has 1 aromatic heterocycles. The Morgan fingerprint density at radius 2 is 2.00 bits per heavy atom. The average molecular weight is 465 g/mol. The minimum atomic E-state index is 0.572. The first kappa shape index (κ1) is 17.0. The number of hydrazone groups is 1. The van der Waals surface area contributed by atoms with Crippen molar-refractivity contribution < 1.29 is 4.52 Å². The molecule has 0 spiro atoms. The van der Waals surface area contributed by atoms with Gasteiger partial charge in [0.25, 0.3) is 0 Å². The lowest BCUT2D eigenvalue weighted by Crippen LogP contribution is -2.43. The van der Waals surface area contributed by atoms with Crippen molar-refractivity contribution in [2.45, 2.75) is 6.54 Å². The molecule has 122 valence electrons. The van der Waals surface area contributed by atoms with E-state index in [-0.39, 0.29) is 0 Å². The highest BCUT2D eigenvalue weighted by Gasteiger charge is 2.18. The number of hydrogen-bond acceptors (Lipinski definition) is 5. The molecule has 0 bridgehead atoms. The number of hydrogen-bond donors (Lipinski definition) is 0. The maximum atomic E-state index is 6.21. The van der Waals surface area contributed by atoms with E-state index < -0.39 is 0 Å². The van der Waals surface area contributed by atoms with Crippen LogP contribution in [0.5, 0.6) is 0 Å². The Hall–Kier alpha value is -0.830. The monoisotopic (exact) mass is 464 g/mol. The van der Waals surface area contributed by atoms with Crippen molar-refractivity contribution in [2.75, 3.05) is 26.2 Å². The highest BCUT2D eigenvalue weighted by molar-refractivity contribution is 14.1. The van der Waals surface area contributed by atoms with Gasteiger partial charge in [0.1, 0.15) is 5.69 Å². The van der Waals surface area contributed by atoms with Gasteiger partial charge in [0.05, 0.1) is 15.8 Å². The molecule has 1 saturated heterocycles. The molecular weight excluding hydrogens is 450 g/mol. The van der Waals surface area contributed by atoms with E-state index in [1.54, 1.807) is 16.4 Å². The van der Waals surface area contributed by atoms with Crippen molar-refractivity contribution >= 4 is 50.0 Å². The summed E-state index contributed by atoms with van der Waals surface area (Å²) >= 11 is 14.3. The van der Waals surface area contributed by atoms with Crippen LogP contribution in [0.15, 0.2) is 33.9 Å². The van der Waals surface area contributed by atoms with Gasteiger partial charge in [-0.2, -0.15) is 5.10 Å². The van der Waals surface area contributed by atoms with Gasteiger partial charge >= 0.3 is 0 Å². The Labute approximate surface area is 158 Å². The topological polar surface area (TPSA) is 44.9 Å². The second kappa shape index (κ2) is 7.83. The zero-order chi connectivity index (χ0) is 16.2. The Balaban J connectivity index is 1.64. The number of rotatable bonds is 4. The number of nitrogens with zero attached hydrogens (tertiary/aromatic N) is 4. The highest BCUT2D eigenvalue weighted by Crippen LogP contribution is 2.30. The van der Waals surface area contributed by atoms with Gasteiger partial charge in [-0.1, -0.05) is 28.4 Å². The number of piperazine rings is 1. The van der Waals surface area contributed by atoms with Crippen LogP contribution in [0, 0.1) is 0 Å². The maximum absolute atomic E-state index is 6.21. The second-order valence-electron chi connectivity index (χ2n) is 5.25. The van der Waals surface area contributed by atoms with Crippen molar-refractivity contribution in [3.63, 3.8) is 0 Å². The molecule has 23 heavy (non-hydrogen) atoms. The lowest BCUT2D eigenvalue weighted by Gasteiger charge is -2.32. The normalized spacial score (nSPS) is 16.4. The average Bonchev–Trinajstić information content (AvgIpc) is 2.98. The van der Waals surface area contributed by atoms with Crippen LogP contribution in [0.4, 0.5) is 0 Å². The largest absolute Gasteiger partial charge is 0.359 e. The van der Waals surface area contributed by atoms with E-state index in [1.165, 1.54) is 0 Å². The second-order valence-corrected chi connectivity index (χ2v) is 6.65. The van der Waals surface area contributed by atoms with Gasteiger partial charge in [-0.05, 0) is 40.8 Å². The lowest BCUT2D eigenvalue weighted by atomic mass is 10.1. The third-order valence-corrected chi connectivity index (χ3v) is 4.50. The SMILES string of the molecule is Clc1ccc(-c2cc(CN3CCN(/N=C/I)CC3)on2)c(Cl)c1. The number of benzene rings is 1. The molecule has 0 N–H and O–H groups in total. The molecule has 3 rings (SSSR count). The van der Waals surface area contributed by atoms with Gasteiger partial charge in [0.15, 0.2) is 5.76 Å². The standard InChI is InChI=1S/C15H15Cl2IN4O/c16-11-1-2-13(14(17)7-11)15-8-12(23-20-15)9-21-3-5-22(6-4-21)19-10-18/h1-2,7-8,10H,3-6,9H2/b19-10+. The molecule has 0 aliphatic carbocycles. The van der Waals surface area contributed by atoms with Crippen molar-refractivity contribution in [2.24, 2.45) is 5.10 Å². The predicted octanol–water partition coefficient (Wildman–Crippen LogP) is 4.14. The lowest BCUT2D eigenvalue weighted by molar-refractivity contribution is 0.122. The summed E-state index contributed by atoms with van der Waals surface area (Å²) < 4.78 is 7.25. The summed E-state index contributed by atoms with van der Waals surface area (Å²) in [6.07, 6.45) is 0. The van der Waals surface area contributed by atoms with Crippen molar-refractivity contribution in [1.82, 2.24) is 15.1 Å². The molecule has 0 atom stereocenters. The van der Waals surface area contributed by atoms with E-state index >= 15 is 0 Å². The minimum absolute atomic E-state index is 0.572. The summed E-state index contributed by atoms with van der Waals surface area (Å²) in [5.74, 6) is 0.830. The Morgan fingerprint density at radius 3 is 2.70 bits per heavy atom. The summed E-state index contributed by atoms with van der Waals surface area (Å²) in [7, 11) is 0. The van der Waals surface area contributed by atoms with Gasteiger partial charge in [0, 0.05) is 42.8 Å². The smallest absolute Gasteiger partial charge is 0.151 e. The van der Waals surface area contributed by atoms with Gasteiger partial charge < -0.3 is 4.52 Å². The molecule has 2 heterocycles. The molecule has 8 heteroatoms. The van der Waals surface area contributed by atoms with Crippen LogP contribution in [-0.2, 0) is 6.54 Å². The van der Waals surface area contributed by atoms with Gasteiger partial charge in [-0.3, -0.25) is 9.91 Å². The fraction of sp³-hybridized carbons (Fsp3) is 0.333. The summed E-state index contributed by atoms with van der Waals surface area (Å²) in [5.41, 5.74) is 1.56. The van der Waals surface area contributed by atoms with Gasteiger partial charge in [0.2, 0.25) is 0 Å². The molecule has 1 aliphatic rings. The highest BCUT2D eigenvalue weighted by atomic mass is 127. The Bertz CT molecular complexity index is 699. The van der Waals surface area contributed by atoms with E-state index in [9.17, 15) is 0 Å². The van der Waals surface area contributed by atoms with Gasteiger partial charge in [-0.25, -0.2) is 0 Å². The van der Waals surface area contributed by atoms with Gasteiger partial charge in [-0.15, -0.1) is 0 Å². The van der Waals surface area contributed by atoms with Crippen LogP contribution in [0.3, 0.4) is 0 Å². The fourth-order valence-electron chi connectivity index (χ4n) is 2.50. The number of aromatic nitrogens is 1. The van der Waals surface area contributed by atoms with E-state index in [1.807, 2.05) is 12.1 Å². The third-order valence-electron chi connectivity index (χ3n) is 3.70. The molecule has 1 aliphatic heterocycles. The molecule has 0 unspecified atom stereocenters. The predicted molar refractivity (Wildman–Crippen MR) is 101 cm³/mol. The molecule has 5 nitrogen and oxygen atoms in total. The van der Waals surface area contributed by atoms with Crippen molar-refractivity contribution in [1.29, 1.82) is 0 Å². The summed E-state index contributed by atoms with van der Waals surface area (Å²) in [6.45, 7) is 4.48. The van der Waals surface area contributed by atoms with Crippen LogP contribution in [0.1, 0.15) is 5.76 Å². The summed E-state index contributed by atoms with van der Waals surface area (Å²) in [5, 5.41) is 11.7. The fourth-order valence-corrected chi connectivity index (χ4v) is 3.36. The summed E-state index contributed by atoms with van der Waals surface area (Å²) in [6, 6.07) is 7.29.